The van der Waals surface area contributed by atoms with Gasteiger partial charge >= 0.3 is 0 Å². The summed E-state index contributed by atoms with van der Waals surface area (Å²) in [6.45, 7) is 0.280. The lowest BCUT2D eigenvalue weighted by Crippen LogP contribution is -2.03. The smallest absolute Gasteiger partial charge is 0.270 e. The number of Topliss-reactive ketones (excluding diaryl/α,β-unsaturated/α-hetero) is 1. The molecule has 0 saturated carbocycles. The van der Waals surface area contributed by atoms with Crippen molar-refractivity contribution in [2.75, 3.05) is 0 Å². The average molecular weight is 498 g/mol. The quantitative estimate of drug-likeness (QED) is 0.124. The molecule has 0 amide bonds. The van der Waals surface area contributed by atoms with E-state index in [0.29, 0.717) is 20.8 Å². The summed E-state index contributed by atoms with van der Waals surface area (Å²) in [5.74, 6) is -0.0260. The molecule has 154 valence electrons. The van der Waals surface area contributed by atoms with Gasteiger partial charge in [0.2, 0.25) is 5.78 Å². The number of carbonyl (C=O) groups is 1. The summed E-state index contributed by atoms with van der Waals surface area (Å²) in [7, 11) is 0. The van der Waals surface area contributed by atoms with Crippen LogP contribution in [0.1, 0.15) is 21.5 Å². The van der Waals surface area contributed by atoms with E-state index in [2.05, 4.69) is 15.9 Å². The fourth-order valence-corrected chi connectivity index (χ4v) is 3.43. The van der Waals surface area contributed by atoms with Crippen LogP contribution in [0.5, 0.6) is 5.75 Å². The summed E-state index contributed by atoms with van der Waals surface area (Å²) in [5.41, 5.74) is 1.14. The first-order valence-electron chi connectivity index (χ1n) is 8.95. The molecule has 0 saturated heterocycles. The molecule has 0 N–H and O–H groups in total. The first kappa shape index (κ1) is 22.2. The number of nitro benzene ring substituents is 1. The molecule has 0 atom stereocenters. The third kappa shape index (κ3) is 5.57. The molecule has 3 rings (SSSR count). The average Bonchev–Trinajstić information content (AvgIpc) is 2.77. The Morgan fingerprint density at radius 3 is 2.61 bits per heavy atom. The molecule has 0 aliphatic carbocycles. The number of nitriles is 1. The number of hydrogen-bond donors (Lipinski definition) is 0. The van der Waals surface area contributed by atoms with Crippen LogP contribution in [0.4, 0.5) is 5.69 Å². The standard InChI is InChI=1S/C23H14BrClN2O4/c24-20-11-15(8-9-22(20)31-14-17-4-1-2-7-21(17)25)10-18(13-26)23(28)16-5-3-6-19(12-16)27(29)30/h1-12H,14H2/b18-10+. The first-order chi connectivity index (χ1) is 14.9. The lowest BCUT2D eigenvalue weighted by atomic mass is 10.0. The van der Waals surface area contributed by atoms with Gasteiger partial charge in [0.05, 0.1) is 9.40 Å². The molecule has 0 aliphatic rings. The Hall–Kier alpha value is -3.47. The van der Waals surface area contributed by atoms with Crippen LogP contribution < -0.4 is 4.74 Å². The Kier molecular flexibility index (Phi) is 7.19. The maximum Gasteiger partial charge on any atom is 0.270 e. The molecule has 0 radical (unpaired) electrons. The van der Waals surface area contributed by atoms with Crippen LogP contribution in [0.15, 0.2) is 76.8 Å². The largest absolute Gasteiger partial charge is 0.488 e. The van der Waals surface area contributed by atoms with Crippen molar-refractivity contribution in [2.45, 2.75) is 6.61 Å². The molecule has 6 nitrogen and oxygen atoms in total. The highest BCUT2D eigenvalue weighted by Crippen LogP contribution is 2.29. The normalized spacial score (nSPS) is 10.9. The van der Waals surface area contributed by atoms with Gasteiger partial charge in [-0.2, -0.15) is 5.26 Å². The number of benzene rings is 3. The van der Waals surface area contributed by atoms with Crippen molar-refractivity contribution in [3.63, 3.8) is 0 Å². The number of halogens is 2. The van der Waals surface area contributed by atoms with Gasteiger partial charge < -0.3 is 4.74 Å². The summed E-state index contributed by atoms with van der Waals surface area (Å²) in [6, 6.07) is 19.6. The zero-order valence-corrected chi connectivity index (χ0v) is 18.3. The van der Waals surface area contributed by atoms with E-state index in [4.69, 9.17) is 16.3 Å². The Labute approximate surface area is 191 Å². The molecule has 0 bridgehead atoms. The zero-order valence-electron chi connectivity index (χ0n) is 15.9. The molecular formula is C23H14BrClN2O4. The van der Waals surface area contributed by atoms with E-state index < -0.39 is 10.7 Å². The molecule has 0 fully saturated rings. The van der Waals surface area contributed by atoms with Crippen molar-refractivity contribution in [3.05, 3.63) is 109 Å². The monoisotopic (exact) mass is 496 g/mol. The van der Waals surface area contributed by atoms with Crippen molar-refractivity contribution in [1.29, 1.82) is 5.26 Å². The van der Waals surface area contributed by atoms with Crippen molar-refractivity contribution in [3.8, 4) is 11.8 Å². The van der Waals surface area contributed by atoms with E-state index >= 15 is 0 Å². The van der Waals surface area contributed by atoms with Crippen LogP contribution in [0.3, 0.4) is 0 Å². The Morgan fingerprint density at radius 2 is 1.94 bits per heavy atom. The molecule has 0 heterocycles. The number of hydrogen-bond acceptors (Lipinski definition) is 5. The van der Waals surface area contributed by atoms with Crippen LogP contribution >= 0.6 is 27.5 Å². The van der Waals surface area contributed by atoms with Gasteiger partial charge in [0.25, 0.3) is 5.69 Å². The summed E-state index contributed by atoms with van der Waals surface area (Å²) in [5, 5.41) is 21.0. The van der Waals surface area contributed by atoms with Crippen molar-refractivity contribution in [2.24, 2.45) is 0 Å². The van der Waals surface area contributed by atoms with Gasteiger partial charge in [0.15, 0.2) is 0 Å². The van der Waals surface area contributed by atoms with Crippen LogP contribution in [0.2, 0.25) is 5.02 Å². The van der Waals surface area contributed by atoms with E-state index in [9.17, 15) is 20.2 Å². The summed E-state index contributed by atoms with van der Waals surface area (Å²) >= 11 is 9.57. The zero-order chi connectivity index (χ0) is 22.4. The molecule has 0 aromatic heterocycles. The number of rotatable bonds is 7. The van der Waals surface area contributed by atoms with Gasteiger partial charge in [-0.3, -0.25) is 14.9 Å². The van der Waals surface area contributed by atoms with E-state index in [-0.39, 0.29) is 23.4 Å². The molecular weight excluding hydrogens is 484 g/mol. The van der Waals surface area contributed by atoms with Crippen molar-refractivity contribution >= 4 is 45.1 Å². The predicted octanol–water partition coefficient (Wildman–Crippen LogP) is 6.38. The lowest BCUT2D eigenvalue weighted by molar-refractivity contribution is -0.384. The minimum absolute atomic E-state index is 0.0701. The molecule has 0 spiro atoms. The van der Waals surface area contributed by atoms with Crippen LogP contribution in [-0.2, 0) is 6.61 Å². The Morgan fingerprint density at radius 1 is 1.16 bits per heavy atom. The summed E-state index contributed by atoms with van der Waals surface area (Å²) in [4.78, 5) is 23.0. The number of non-ortho nitro benzene ring substituents is 1. The molecule has 3 aromatic carbocycles. The molecule has 0 unspecified atom stereocenters. The Balaban J connectivity index is 1.80. The maximum absolute atomic E-state index is 12.6. The highest BCUT2D eigenvalue weighted by Gasteiger charge is 2.16. The first-order valence-corrected chi connectivity index (χ1v) is 10.1. The minimum atomic E-state index is -0.596. The van der Waals surface area contributed by atoms with Crippen LogP contribution in [0, 0.1) is 21.4 Å². The van der Waals surface area contributed by atoms with Crippen LogP contribution in [-0.4, -0.2) is 10.7 Å². The van der Waals surface area contributed by atoms with Gasteiger partial charge in [0, 0.05) is 28.3 Å². The molecule has 31 heavy (non-hydrogen) atoms. The topological polar surface area (TPSA) is 93.2 Å². The van der Waals surface area contributed by atoms with Gasteiger partial charge in [-0.15, -0.1) is 0 Å². The van der Waals surface area contributed by atoms with Gasteiger partial charge in [-0.25, -0.2) is 0 Å². The fourth-order valence-electron chi connectivity index (χ4n) is 2.73. The SMILES string of the molecule is N#C/C(=C\c1ccc(OCc2ccccc2Cl)c(Br)c1)C(=O)c1cccc([N+](=O)[O-])c1. The van der Waals surface area contributed by atoms with E-state index in [1.807, 2.05) is 24.3 Å². The van der Waals surface area contributed by atoms with E-state index in [0.717, 1.165) is 11.6 Å². The summed E-state index contributed by atoms with van der Waals surface area (Å²) < 4.78 is 6.43. The van der Waals surface area contributed by atoms with Gasteiger partial charge in [0.1, 0.15) is 24.0 Å². The predicted molar refractivity (Wildman–Crippen MR) is 121 cm³/mol. The molecule has 3 aromatic rings. The molecule has 0 aliphatic heterocycles. The highest BCUT2D eigenvalue weighted by atomic mass is 79.9. The van der Waals surface area contributed by atoms with Crippen LogP contribution in [0.25, 0.3) is 6.08 Å². The lowest BCUT2D eigenvalue weighted by Gasteiger charge is -2.10. The maximum atomic E-state index is 12.6. The Bertz CT molecular complexity index is 1230. The summed E-state index contributed by atoms with van der Waals surface area (Å²) in [6.07, 6.45) is 1.42. The van der Waals surface area contributed by atoms with Crippen molar-refractivity contribution in [1.82, 2.24) is 0 Å². The van der Waals surface area contributed by atoms with Gasteiger partial charge in [-0.05, 0) is 45.8 Å². The number of allylic oxidation sites excluding steroid dienone is 1. The number of ether oxygens (including phenoxy) is 1. The highest BCUT2D eigenvalue weighted by molar-refractivity contribution is 9.10. The number of carbonyl (C=O) groups excluding carboxylic acids is 1. The fraction of sp³-hybridized carbons (Fsp3) is 0.0435. The number of ketones is 1. The minimum Gasteiger partial charge on any atom is -0.488 e. The second-order valence-electron chi connectivity index (χ2n) is 6.38. The second kappa shape index (κ2) is 10.0. The number of nitrogens with zero attached hydrogens (tertiary/aromatic N) is 2. The molecule has 8 heteroatoms. The second-order valence-corrected chi connectivity index (χ2v) is 7.64. The third-order valence-corrected chi connectivity index (χ3v) is 5.28. The third-order valence-electron chi connectivity index (χ3n) is 4.29. The van der Waals surface area contributed by atoms with E-state index in [1.165, 1.54) is 24.3 Å². The van der Waals surface area contributed by atoms with E-state index in [1.54, 1.807) is 24.3 Å². The number of nitro groups is 1. The van der Waals surface area contributed by atoms with Crippen molar-refractivity contribution < 1.29 is 14.5 Å². The van der Waals surface area contributed by atoms with Gasteiger partial charge in [-0.1, -0.05) is 48.0 Å².